The second kappa shape index (κ2) is 7.87. The molecule has 0 amide bonds. The summed E-state index contributed by atoms with van der Waals surface area (Å²) in [4.78, 5) is 0. The van der Waals surface area contributed by atoms with Crippen molar-refractivity contribution in [2.75, 3.05) is 0 Å². The van der Waals surface area contributed by atoms with Crippen LogP contribution in [0.3, 0.4) is 0 Å². The summed E-state index contributed by atoms with van der Waals surface area (Å²) in [6.45, 7) is 0. The van der Waals surface area contributed by atoms with Crippen LogP contribution in [0.2, 0.25) is 20.1 Å². The van der Waals surface area contributed by atoms with Gasteiger partial charge in [-0.2, -0.15) is 8.42 Å². The van der Waals surface area contributed by atoms with Gasteiger partial charge in [0.05, 0.1) is 10.6 Å². The van der Waals surface area contributed by atoms with E-state index in [4.69, 9.17) is 46.4 Å². The zero-order chi connectivity index (χ0) is 21.6. The summed E-state index contributed by atoms with van der Waals surface area (Å²) < 4.78 is 33.9. The van der Waals surface area contributed by atoms with Crippen LogP contribution in [-0.2, 0) is 14.9 Å². The van der Waals surface area contributed by atoms with Crippen LogP contribution >= 0.6 is 46.4 Å². The molecule has 0 radical (unpaired) electrons. The zero-order valence-electron chi connectivity index (χ0n) is 14.3. The molecule has 0 aliphatic rings. The summed E-state index contributed by atoms with van der Waals surface area (Å²) in [5.41, 5.74) is -1.16. The Morgan fingerprint density at radius 2 is 1.24 bits per heavy atom. The lowest BCUT2D eigenvalue weighted by atomic mass is 9.82. The molecule has 1 unspecified atom stereocenters. The topological polar surface area (TPSA) is 94.8 Å². The van der Waals surface area contributed by atoms with Crippen molar-refractivity contribution in [3.05, 3.63) is 91.4 Å². The van der Waals surface area contributed by atoms with E-state index in [-0.39, 0.29) is 31.2 Å². The molecule has 1 atom stereocenters. The Morgan fingerprint density at radius 1 is 0.690 bits per heavy atom. The van der Waals surface area contributed by atoms with Gasteiger partial charge in [-0.05, 0) is 30.3 Å². The monoisotopic (exact) mass is 492 g/mol. The van der Waals surface area contributed by atoms with Gasteiger partial charge in [0.1, 0.15) is 11.5 Å². The predicted octanol–water partition coefficient (Wildman–Crippen LogP) is 5.89. The van der Waals surface area contributed by atoms with E-state index in [1.807, 2.05) is 0 Å². The molecule has 0 aliphatic heterocycles. The number of hydrogen-bond acceptors (Lipinski definition) is 4. The van der Waals surface area contributed by atoms with Gasteiger partial charge in [-0.25, -0.2) is 0 Å². The summed E-state index contributed by atoms with van der Waals surface area (Å²) in [7, 11) is -5.25. The average Bonchev–Trinajstić information content (AvgIpc) is 2.63. The van der Waals surface area contributed by atoms with Gasteiger partial charge in [-0.3, -0.25) is 4.55 Å². The Labute approximate surface area is 186 Å². The van der Waals surface area contributed by atoms with E-state index in [0.29, 0.717) is 0 Å². The molecule has 0 aliphatic carbocycles. The summed E-state index contributed by atoms with van der Waals surface area (Å²) >= 11 is 24.9. The van der Waals surface area contributed by atoms with Crippen molar-refractivity contribution in [3.8, 4) is 11.5 Å². The van der Waals surface area contributed by atoms with Crippen molar-refractivity contribution in [2.45, 2.75) is 4.75 Å². The van der Waals surface area contributed by atoms with Crippen molar-refractivity contribution in [2.24, 2.45) is 0 Å². The van der Waals surface area contributed by atoms with Gasteiger partial charge in [0.15, 0.2) is 4.75 Å². The number of phenolic OH excluding ortho intramolecular Hbond substituents is 2. The Balaban J connectivity index is 2.73. The van der Waals surface area contributed by atoms with E-state index in [2.05, 4.69) is 0 Å². The minimum absolute atomic E-state index is 0.0973. The van der Waals surface area contributed by atoms with Gasteiger partial charge in [0.2, 0.25) is 0 Å². The summed E-state index contributed by atoms with van der Waals surface area (Å²) in [6.07, 6.45) is 0. The molecule has 3 aromatic carbocycles. The number of halogens is 4. The molecule has 0 spiro atoms. The van der Waals surface area contributed by atoms with E-state index < -0.39 is 31.9 Å². The minimum Gasteiger partial charge on any atom is -0.507 e. The maximum Gasteiger partial charge on any atom is 0.283 e. The van der Waals surface area contributed by atoms with Gasteiger partial charge < -0.3 is 10.2 Å². The normalized spacial score (nSPS) is 13.8. The molecule has 29 heavy (non-hydrogen) atoms. The molecule has 3 aromatic rings. The van der Waals surface area contributed by atoms with Crippen molar-refractivity contribution in [1.29, 1.82) is 0 Å². The SMILES string of the molecule is O=S(=O)(O)C(c1ccccc1Cl)(c1c(Cl)cccc1Cl)c1c(O)ccc(Cl)c1O. The molecule has 0 fully saturated rings. The molecule has 0 heterocycles. The third kappa shape index (κ3) is 3.44. The van der Waals surface area contributed by atoms with Crippen molar-refractivity contribution < 1.29 is 23.2 Å². The quantitative estimate of drug-likeness (QED) is 0.311. The van der Waals surface area contributed by atoms with Gasteiger partial charge in [0, 0.05) is 26.2 Å². The van der Waals surface area contributed by atoms with Crippen LogP contribution in [0.4, 0.5) is 0 Å². The van der Waals surface area contributed by atoms with Crippen LogP contribution in [0.15, 0.2) is 54.6 Å². The Kier molecular flexibility index (Phi) is 5.98. The molecule has 0 bridgehead atoms. The first-order valence-electron chi connectivity index (χ1n) is 7.91. The summed E-state index contributed by atoms with van der Waals surface area (Å²) in [5, 5.41) is 20.6. The fraction of sp³-hybridized carbons (Fsp3) is 0.0526. The third-order valence-corrected chi connectivity index (χ3v) is 7.08. The van der Waals surface area contributed by atoms with E-state index in [1.165, 1.54) is 42.5 Å². The fourth-order valence-electron chi connectivity index (χ4n) is 3.27. The predicted molar refractivity (Wildman–Crippen MR) is 114 cm³/mol. The van der Waals surface area contributed by atoms with E-state index in [1.54, 1.807) is 0 Å². The van der Waals surface area contributed by atoms with Crippen LogP contribution in [0.1, 0.15) is 16.7 Å². The van der Waals surface area contributed by atoms with Crippen LogP contribution in [0.5, 0.6) is 11.5 Å². The standard InChI is InChI=1S/C19H12Cl4O5S/c20-11-5-2-1-4-10(11)19(29(26,27)28,16-12(21)6-3-7-13(16)22)17-15(24)9-8-14(23)18(17)25/h1-9,24-25H,(H,26,27,28). The first-order chi connectivity index (χ1) is 13.5. The highest BCUT2D eigenvalue weighted by Crippen LogP contribution is 2.56. The Hall–Kier alpha value is -1.67. The molecule has 5 nitrogen and oxygen atoms in total. The molecular weight excluding hydrogens is 482 g/mol. The number of phenols is 2. The van der Waals surface area contributed by atoms with Crippen molar-refractivity contribution in [3.63, 3.8) is 0 Å². The van der Waals surface area contributed by atoms with E-state index in [0.717, 1.165) is 12.1 Å². The fourth-order valence-corrected chi connectivity index (χ4v) is 5.95. The molecule has 10 heteroatoms. The zero-order valence-corrected chi connectivity index (χ0v) is 18.1. The molecule has 3 N–H and O–H groups in total. The number of aromatic hydroxyl groups is 2. The van der Waals surface area contributed by atoms with E-state index in [9.17, 15) is 23.2 Å². The highest BCUT2D eigenvalue weighted by Gasteiger charge is 2.55. The van der Waals surface area contributed by atoms with Gasteiger partial charge in [-0.15, -0.1) is 0 Å². The van der Waals surface area contributed by atoms with E-state index >= 15 is 0 Å². The average molecular weight is 494 g/mol. The second-order valence-electron chi connectivity index (χ2n) is 6.02. The molecule has 0 aromatic heterocycles. The molecule has 0 saturated heterocycles. The molecule has 3 rings (SSSR count). The van der Waals surface area contributed by atoms with Gasteiger partial charge >= 0.3 is 0 Å². The van der Waals surface area contributed by atoms with Crippen molar-refractivity contribution in [1.82, 2.24) is 0 Å². The maximum atomic E-state index is 13.0. The van der Waals surface area contributed by atoms with Crippen LogP contribution in [-0.4, -0.2) is 23.2 Å². The first-order valence-corrected chi connectivity index (χ1v) is 10.9. The number of benzene rings is 3. The third-order valence-electron chi connectivity index (χ3n) is 4.41. The van der Waals surface area contributed by atoms with Gasteiger partial charge in [-0.1, -0.05) is 70.7 Å². The van der Waals surface area contributed by atoms with Crippen LogP contribution in [0, 0.1) is 0 Å². The van der Waals surface area contributed by atoms with Crippen molar-refractivity contribution >= 4 is 56.5 Å². The first kappa shape index (κ1) is 22.0. The second-order valence-corrected chi connectivity index (χ2v) is 9.21. The van der Waals surface area contributed by atoms with Gasteiger partial charge in [0.25, 0.3) is 10.1 Å². The highest BCUT2D eigenvalue weighted by molar-refractivity contribution is 7.87. The largest absolute Gasteiger partial charge is 0.507 e. The smallest absolute Gasteiger partial charge is 0.283 e. The Morgan fingerprint density at radius 3 is 1.79 bits per heavy atom. The molecule has 152 valence electrons. The molecule has 0 saturated carbocycles. The van der Waals surface area contributed by atoms with Crippen LogP contribution in [0.25, 0.3) is 0 Å². The van der Waals surface area contributed by atoms with Crippen LogP contribution < -0.4 is 0 Å². The Bertz CT molecular complexity index is 1190. The summed E-state index contributed by atoms with van der Waals surface area (Å²) in [6, 6.07) is 12.1. The number of rotatable bonds is 4. The molecular formula is C19H12Cl4O5S. The maximum absolute atomic E-state index is 13.0. The highest BCUT2D eigenvalue weighted by atomic mass is 35.5. The lowest BCUT2D eigenvalue weighted by molar-refractivity contribution is 0.416. The number of hydrogen-bond donors (Lipinski definition) is 3. The lowest BCUT2D eigenvalue weighted by Gasteiger charge is -2.35. The summed E-state index contributed by atoms with van der Waals surface area (Å²) in [5.74, 6) is -1.47. The minimum atomic E-state index is -5.25. The lowest BCUT2D eigenvalue weighted by Crippen LogP contribution is -2.39.